The Morgan fingerprint density at radius 3 is 2.62 bits per heavy atom. The summed E-state index contributed by atoms with van der Waals surface area (Å²) in [5.74, 6) is 0.521. The molecule has 2 atom stereocenters. The number of nitrogens with one attached hydrogen (secondary N) is 1. The molecule has 0 radical (unpaired) electrons. The molecule has 3 heterocycles. The molecule has 1 fully saturated rings. The molecule has 2 aromatic carbocycles. The van der Waals surface area contributed by atoms with Crippen LogP contribution in [0.25, 0.3) is 0 Å². The number of nitrogens with zero attached hydrogens (tertiary/aromatic N) is 3. The van der Waals surface area contributed by atoms with Crippen molar-refractivity contribution in [3.8, 4) is 0 Å². The molecule has 1 aromatic heterocycles. The van der Waals surface area contributed by atoms with Gasteiger partial charge in [0.05, 0.1) is 5.75 Å². The first kappa shape index (κ1) is 22.4. The van der Waals surface area contributed by atoms with Crippen LogP contribution in [0.2, 0.25) is 0 Å². The number of benzene rings is 2. The summed E-state index contributed by atoms with van der Waals surface area (Å²) in [6.07, 6.45) is 2.97. The molecule has 2 unspecified atom stereocenters. The molecule has 2 aliphatic rings. The molecule has 0 spiro atoms. The molecule has 7 nitrogen and oxygen atoms in total. The molecule has 34 heavy (non-hydrogen) atoms. The average Bonchev–Trinajstić information content (AvgIpc) is 3.40. The minimum atomic E-state index is -0.432. The van der Waals surface area contributed by atoms with Crippen LogP contribution >= 0.6 is 11.8 Å². The summed E-state index contributed by atoms with van der Waals surface area (Å²) in [4.78, 5) is 33.7. The monoisotopic (exact) mass is 474 g/mol. The van der Waals surface area contributed by atoms with Crippen molar-refractivity contribution < 1.29 is 14.7 Å². The highest BCUT2D eigenvalue weighted by atomic mass is 32.2. The van der Waals surface area contributed by atoms with Crippen LogP contribution in [-0.4, -0.2) is 45.3 Å². The largest absolute Gasteiger partial charge is 0.374 e. The van der Waals surface area contributed by atoms with Crippen molar-refractivity contribution in [2.45, 2.75) is 31.0 Å². The molecule has 5 rings (SSSR count). The number of carbonyl (C=O) groups excluding carboxylic acids is 2. The van der Waals surface area contributed by atoms with Gasteiger partial charge in [-0.2, -0.15) is 0 Å². The van der Waals surface area contributed by atoms with E-state index in [1.165, 1.54) is 11.8 Å². The number of thioether (sulfide) groups is 1. The van der Waals surface area contributed by atoms with Gasteiger partial charge in [-0.05, 0) is 54.3 Å². The van der Waals surface area contributed by atoms with Crippen LogP contribution in [0.1, 0.15) is 39.7 Å². The third kappa shape index (κ3) is 4.64. The summed E-state index contributed by atoms with van der Waals surface area (Å²) >= 11 is 1.43. The molecular weight excluding hydrogens is 448 g/mol. The Morgan fingerprint density at radius 2 is 1.88 bits per heavy atom. The number of hydrogen-bond acceptors (Lipinski definition) is 6. The highest BCUT2D eigenvalue weighted by molar-refractivity contribution is 8.00. The standard InChI is InChI=1S/C26H26N4O3S/c31-23(28-22-8-3-4-14-27-22)17-34-26-21-7-2-1-6-20(21)25(33)30(26)16-18-10-12-19(13-11-18)29-15-5-9-24(29)32/h1-4,6-8,10-14,24,26,32H,5,9,15-17H2,(H,27,28,31). The quantitative estimate of drug-likeness (QED) is 0.538. The highest BCUT2D eigenvalue weighted by Crippen LogP contribution is 2.42. The van der Waals surface area contributed by atoms with E-state index >= 15 is 0 Å². The Morgan fingerprint density at radius 1 is 1.09 bits per heavy atom. The molecule has 2 N–H and O–H groups in total. The number of amides is 2. The van der Waals surface area contributed by atoms with E-state index in [9.17, 15) is 14.7 Å². The molecule has 8 heteroatoms. The lowest BCUT2D eigenvalue weighted by Crippen LogP contribution is -2.29. The number of aromatic nitrogens is 1. The first-order valence-electron chi connectivity index (χ1n) is 11.4. The van der Waals surface area contributed by atoms with E-state index in [-0.39, 0.29) is 22.9 Å². The molecule has 174 valence electrons. The summed E-state index contributed by atoms with van der Waals surface area (Å²) in [6, 6.07) is 21.0. The second-order valence-electron chi connectivity index (χ2n) is 8.43. The van der Waals surface area contributed by atoms with Gasteiger partial charge in [0, 0.05) is 30.5 Å². The maximum absolute atomic E-state index is 13.2. The lowest BCUT2D eigenvalue weighted by atomic mass is 10.1. The zero-order valence-corrected chi connectivity index (χ0v) is 19.4. The van der Waals surface area contributed by atoms with E-state index in [1.54, 1.807) is 18.3 Å². The second-order valence-corrected chi connectivity index (χ2v) is 9.50. The van der Waals surface area contributed by atoms with Crippen molar-refractivity contribution in [2.24, 2.45) is 0 Å². The molecule has 3 aromatic rings. The van der Waals surface area contributed by atoms with Crippen LogP contribution in [0.15, 0.2) is 72.9 Å². The third-order valence-electron chi connectivity index (χ3n) is 6.15. The van der Waals surface area contributed by atoms with Gasteiger partial charge < -0.3 is 20.2 Å². The molecule has 0 saturated carbocycles. The average molecular weight is 475 g/mol. The van der Waals surface area contributed by atoms with Gasteiger partial charge in [-0.15, -0.1) is 11.8 Å². The lowest BCUT2D eigenvalue weighted by molar-refractivity contribution is -0.113. The zero-order chi connectivity index (χ0) is 23.5. The van der Waals surface area contributed by atoms with Gasteiger partial charge in [-0.1, -0.05) is 36.4 Å². The molecule has 2 aliphatic heterocycles. The zero-order valence-electron chi connectivity index (χ0n) is 18.6. The molecule has 1 saturated heterocycles. The van der Waals surface area contributed by atoms with Crippen molar-refractivity contribution in [1.82, 2.24) is 9.88 Å². The van der Waals surface area contributed by atoms with Crippen LogP contribution in [-0.2, 0) is 11.3 Å². The summed E-state index contributed by atoms with van der Waals surface area (Å²) in [5.41, 5.74) is 3.60. The normalized spacial score (nSPS) is 19.4. The van der Waals surface area contributed by atoms with Crippen molar-refractivity contribution in [3.63, 3.8) is 0 Å². The number of carbonyl (C=O) groups is 2. The van der Waals surface area contributed by atoms with E-state index in [1.807, 2.05) is 64.4 Å². The van der Waals surface area contributed by atoms with Crippen molar-refractivity contribution in [1.29, 1.82) is 0 Å². The minimum absolute atomic E-state index is 0.0303. The summed E-state index contributed by atoms with van der Waals surface area (Å²) in [6.45, 7) is 1.29. The Kier molecular flexibility index (Phi) is 6.51. The van der Waals surface area contributed by atoms with Crippen LogP contribution in [0, 0.1) is 0 Å². The van der Waals surface area contributed by atoms with Gasteiger partial charge in [0.2, 0.25) is 5.91 Å². The fourth-order valence-electron chi connectivity index (χ4n) is 4.48. The van der Waals surface area contributed by atoms with Crippen molar-refractivity contribution >= 4 is 35.1 Å². The first-order valence-corrected chi connectivity index (χ1v) is 12.4. The van der Waals surface area contributed by atoms with E-state index in [4.69, 9.17) is 0 Å². The van der Waals surface area contributed by atoms with Crippen LogP contribution < -0.4 is 10.2 Å². The van der Waals surface area contributed by atoms with Gasteiger partial charge in [0.1, 0.15) is 17.4 Å². The topological polar surface area (TPSA) is 85.8 Å². The van der Waals surface area contributed by atoms with E-state index < -0.39 is 6.23 Å². The van der Waals surface area contributed by atoms with Gasteiger partial charge in [-0.3, -0.25) is 9.59 Å². The minimum Gasteiger partial charge on any atom is -0.374 e. The second kappa shape index (κ2) is 9.87. The van der Waals surface area contributed by atoms with E-state index in [2.05, 4.69) is 10.3 Å². The fourth-order valence-corrected chi connectivity index (χ4v) is 5.60. The summed E-state index contributed by atoms with van der Waals surface area (Å²) in [5, 5.41) is 12.7. The van der Waals surface area contributed by atoms with Crippen molar-refractivity contribution in [2.75, 3.05) is 22.5 Å². The lowest BCUT2D eigenvalue weighted by Gasteiger charge is -2.26. The van der Waals surface area contributed by atoms with Crippen LogP contribution in [0.3, 0.4) is 0 Å². The first-order chi connectivity index (χ1) is 16.6. The smallest absolute Gasteiger partial charge is 0.255 e. The number of aliphatic hydroxyl groups is 1. The predicted octanol–water partition coefficient (Wildman–Crippen LogP) is 4.03. The Labute approximate surface area is 202 Å². The summed E-state index contributed by atoms with van der Waals surface area (Å²) in [7, 11) is 0. The maximum Gasteiger partial charge on any atom is 0.255 e. The number of fused-ring (bicyclic) bond motifs is 1. The van der Waals surface area contributed by atoms with Gasteiger partial charge in [0.25, 0.3) is 5.91 Å². The number of anilines is 2. The molecular formula is C26H26N4O3S. The SMILES string of the molecule is O=C(CSC1c2ccccc2C(=O)N1Cc1ccc(N2CCCC2O)cc1)Nc1ccccn1. The van der Waals surface area contributed by atoms with E-state index in [0.29, 0.717) is 17.9 Å². The Bertz CT molecular complexity index is 1170. The number of rotatable bonds is 7. The predicted molar refractivity (Wildman–Crippen MR) is 133 cm³/mol. The van der Waals surface area contributed by atoms with Gasteiger partial charge >= 0.3 is 0 Å². The van der Waals surface area contributed by atoms with Gasteiger partial charge in [-0.25, -0.2) is 4.98 Å². The van der Waals surface area contributed by atoms with Crippen LogP contribution in [0.5, 0.6) is 0 Å². The number of hydrogen-bond donors (Lipinski definition) is 2. The third-order valence-corrected chi connectivity index (χ3v) is 7.40. The van der Waals surface area contributed by atoms with E-state index in [0.717, 1.165) is 36.2 Å². The molecule has 2 amide bonds. The number of aliphatic hydroxyl groups excluding tert-OH is 1. The Balaban J connectivity index is 1.30. The van der Waals surface area contributed by atoms with Crippen molar-refractivity contribution in [3.05, 3.63) is 89.6 Å². The maximum atomic E-state index is 13.2. The Hall–Kier alpha value is -3.36. The van der Waals surface area contributed by atoms with Crippen LogP contribution in [0.4, 0.5) is 11.5 Å². The fraction of sp³-hybridized carbons (Fsp3) is 0.269. The molecule has 0 aliphatic carbocycles. The highest BCUT2D eigenvalue weighted by Gasteiger charge is 2.37. The number of pyridine rings is 1. The van der Waals surface area contributed by atoms with Gasteiger partial charge in [0.15, 0.2) is 0 Å². The molecule has 0 bridgehead atoms. The summed E-state index contributed by atoms with van der Waals surface area (Å²) < 4.78 is 0.